The summed E-state index contributed by atoms with van der Waals surface area (Å²) in [6.07, 6.45) is 4.56. The molecule has 0 saturated heterocycles. The Morgan fingerprint density at radius 1 is 1.27 bits per heavy atom. The second-order valence-corrected chi connectivity index (χ2v) is 3.80. The van der Waals surface area contributed by atoms with E-state index in [9.17, 15) is 0 Å². The van der Waals surface area contributed by atoms with Crippen LogP contribution in [-0.4, -0.2) is 6.61 Å². The molecule has 1 nitrogen and oxygen atoms in total. The van der Waals surface area contributed by atoms with Crippen molar-refractivity contribution >= 4 is 0 Å². The van der Waals surface area contributed by atoms with Crippen LogP contribution in [0, 0.1) is 0 Å². The van der Waals surface area contributed by atoms with Crippen LogP contribution in [0.15, 0.2) is 42.0 Å². The van der Waals surface area contributed by atoms with E-state index in [1.807, 2.05) is 18.2 Å². The fourth-order valence-electron chi connectivity index (χ4n) is 1.45. The van der Waals surface area contributed by atoms with E-state index in [-0.39, 0.29) is 0 Å². The van der Waals surface area contributed by atoms with Gasteiger partial charge in [0.05, 0.1) is 13.2 Å². The normalized spacial score (nSPS) is 11.7. The molecule has 0 amide bonds. The summed E-state index contributed by atoms with van der Waals surface area (Å²) in [5.74, 6) is 0. The summed E-state index contributed by atoms with van der Waals surface area (Å²) in [7, 11) is 0. The quantitative estimate of drug-likeness (QED) is 0.503. The minimum atomic E-state index is 0.705. The molecule has 1 heteroatoms. The molecular formula is C14H20O. The van der Waals surface area contributed by atoms with Gasteiger partial charge in [-0.15, -0.1) is 0 Å². The number of rotatable bonds is 6. The fraction of sp³-hybridized carbons (Fsp3) is 0.429. The first kappa shape index (κ1) is 12.0. The van der Waals surface area contributed by atoms with E-state index in [0.29, 0.717) is 6.61 Å². The van der Waals surface area contributed by atoms with Gasteiger partial charge < -0.3 is 4.74 Å². The Hall–Kier alpha value is -1.08. The number of benzene rings is 1. The molecule has 82 valence electrons. The summed E-state index contributed by atoms with van der Waals surface area (Å²) >= 11 is 0. The lowest BCUT2D eigenvalue weighted by Gasteiger charge is -2.02. The minimum Gasteiger partial charge on any atom is -0.373 e. The largest absolute Gasteiger partial charge is 0.373 e. The van der Waals surface area contributed by atoms with Gasteiger partial charge >= 0.3 is 0 Å². The SMILES string of the molecule is CCCC(C)=CCOCc1ccccc1. The summed E-state index contributed by atoms with van der Waals surface area (Å²) in [6.45, 7) is 5.79. The maximum absolute atomic E-state index is 5.56. The van der Waals surface area contributed by atoms with Crippen molar-refractivity contribution in [2.75, 3.05) is 6.61 Å². The average molecular weight is 204 g/mol. The van der Waals surface area contributed by atoms with Gasteiger partial charge in [-0.2, -0.15) is 0 Å². The van der Waals surface area contributed by atoms with Crippen LogP contribution in [0.25, 0.3) is 0 Å². The van der Waals surface area contributed by atoms with Crippen LogP contribution in [0.1, 0.15) is 32.3 Å². The molecule has 0 N–H and O–H groups in total. The van der Waals surface area contributed by atoms with Crippen LogP contribution in [0.4, 0.5) is 0 Å². The molecule has 0 fully saturated rings. The highest BCUT2D eigenvalue weighted by Gasteiger charge is 1.90. The lowest BCUT2D eigenvalue weighted by molar-refractivity contribution is 0.148. The zero-order chi connectivity index (χ0) is 10.9. The molecule has 0 heterocycles. The van der Waals surface area contributed by atoms with Gasteiger partial charge in [-0.3, -0.25) is 0 Å². The highest BCUT2D eigenvalue weighted by molar-refractivity contribution is 5.13. The summed E-state index contributed by atoms with van der Waals surface area (Å²) in [6, 6.07) is 10.3. The van der Waals surface area contributed by atoms with Gasteiger partial charge in [-0.25, -0.2) is 0 Å². The molecule has 0 aromatic heterocycles. The Morgan fingerprint density at radius 3 is 2.67 bits per heavy atom. The second kappa shape index (κ2) is 7.24. The summed E-state index contributed by atoms with van der Waals surface area (Å²) in [5, 5.41) is 0. The first-order valence-corrected chi connectivity index (χ1v) is 5.60. The zero-order valence-corrected chi connectivity index (χ0v) is 9.70. The van der Waals surface area contributed by atoms with E-state index < -0.39 is 0 Å². The molecule has 0 aliphatic heterocycles. The third-order valence-corrected chi connectivity index (χ3v) is 2.31. The van der Waals surface area contributed by atoms with Gasteiger partial charge in [0.2, 0.25) is 0 Å². The van der Waals surface area contributed by atoms with Crippen molar-refractivity contribution in [1.82, 2.24) is 0 Å². The van der Waals surface area contributed by atoms with Crippen LogP contribution in [0.2, 0.25) is 0 Å². The molecule has 0 atom stereocenters. The first-order valence-electron chi connectivity index (χ1n) is 5.60. The highest BCUT2D eigenvalue weighted by Crippen LogP contribution is 2.04. The molecule has 0 saturated carbocycles. The fourth-order valence-corrected chi connectivity index (χ4v) is 1.45. The first-order chi connectivity index (χ1) is 7.33. The Morgan fingerprint density at radius 2 is 2.00 bits per heavy atom. The maximum Gasteiger partial charge on any atom is 0.0721 e. The Kier molecular flexibility index (Phi) is 5.79. The van der Waals surface area contributed by atoms with E-state index in [2.05, 4.69) is 32.1 Å². The van der Waals surface area contributed by atoms with Gasteiger partial charge in [0.25, 0.3) is 0 Å². The summed E-state index contributed by atoms with van der Waals surface area (Å²) in [5.41, 5.74) is 2.66. The summed E-state index contributed by atoms with van der Waals surface area (Å²) < 4.78 is 5.56. The van der Waals surface area contributed by atoms with Crippen LogP contribution in [-0.2, 0) is 11.3 Å². The third-order valence-electron chi connectivity index (χ3n) is 2.31. The highest BCUT2D eigenvalue weighted by atomic mass is 16.5. The molecule has 1 rings (SSSR count). The topological polar surface area (TPSA) is 9.23 Å². The number of ether oxygens (including phenoxy) is 1. The van der Waals surface area contributed by atoms with Gasteiger partial charge in [-0.1, -0.05) is 55.3 Å². The average Bonchev–Trinajstić information content (AvgIpc) is 2.26. The van der Waals surface area contributed by atoms with Gasteiger partial charge in [0.1, 0.15) is 0 Å². The molecular weight excluding hydrogens is 184 g/mol. The molecule has 0 unspecified atom stereocenters. The monoisotopic (exact) mass is 204 g/mol. The molecule has 0 spiro atoms. The third kappa shape index (κ3) is 5.38. The molecule has 0 radical (unpaired) electrons. The van der Waals surface area contributed by atoms with Crippen molar-refractivity contribution in [3.05, 3.63) is 47.5 Å². The molecule has 1 aromatic rings. The second-order valence-electron chi connectivity index (χ2n) is 3.80. The lowest BCUT2D eigenvalue weighted by Crippen LogP contribution is -1.93. The summed E-state index contributed by atoms with van der Waals surface area (Å²) in [4.78, 5) is 0. The Balaban J connectivity index is 2.20. The molecule has 0 aliphatic rings. The van der Waals surface area contributed by atoms with Crippen molar-refractivity contribution in [2.45, 2.75) is 33.3 Å². The standard InChI is InChI=1S/C14H20O/c1-3-7-13(2)10-11-15-12-14-8-5-4-6-9-14/h4-6,8-10H,3,7,11-12H2,1-2H3. The maximum atomic E-state index is 5.56. The van der Waals surface area contributed by atoms with Crippen LogP contribution < -0.4 is 0 Å². The molecule has 0 aliphatic carbocycles. The zero-order valence-electron chi connectivity index (χ0n) is 9.70. The van der Waals surface area contributed by atoms with E-state index in [1.54, 1.807) is 0 Å². The van der Waals surface area contributed by atoms with Gasteiger partial charge in [-0.05, 0) is 18.9 Å². The van der Waals surface area contributed by atoms with Crippen molar-refractivity contribution in [3.8, 4) is 0 Å². The Bertz CT molecular complexity index is 287. The van der Waals surface area contributed by atoms with Crippen LogP contribution >= 0.6 is 0 Å². The van der Waals surface area contributed by atoms with Crippen molar-refractivity contribution in [2.24, 2.45) is 0 Å². The number of hydrogen-bond acceptors (Lipinski definition) is 1. The van der Waals surface area contributed by atoms with Crippen LogP contribution in [0.5, 0.6) is 0 Å². The van der Waals surface area contributed by atoms with Crippen molar-refractivity contribution in [1.29, 1.82) is 0 Å². The Labute approximate surface area is 92.8 Å². The van der Waals surface area contributed by atoms with E-state index in [0.717, 1.165) is 6.61 Å². The lowest BCUT2D eigenvalue weighted by atomic mass is 10.2. The number of hydrogen-bond donors (Lipinski definition) is 0. The van der Waals surface area contributed by atoms with E-state index >= 15 is 0 Å². The van der Waals surface area contributed by atoms with E-state index in [4.69, 9.17) is 4.74 Å². The van der Waals surface area contributed by atoms with Crippen molar-refractivity contribution in [3.63, 3.8) is 0 Å². The smallest absolute Gasteiger partial charge is 0.0721 e. The number of allylic oxidation sites excluding steroid dienone is 1. The molecule has 15 heavy (non-hydrogen) atoms. The van der Waals surface area contributed by atoms with Gasteiger partial charge in [0, 0.05) is 0 Å². The molecule has 0 bridgehead atoms. The predicted molar refractivity (Wildman–Crippen MR) is 64.8 cm³/mol. The molecule has 1 aromatic carbocycles. The van der Waals surface area contributed by atoms with Crippen molar-refractivity contribution < 1.29 is 4.74 Å². The minimum absolute atomic E-state index is 0.705. The van der Waals surface area contributed by atoms with Crippen LogP contribution in [0.3, 0.4) is 0 Å². The predicted octanol–water partition coefficient (Wildman–Crippen LogP) is 3.95. The van der Waals surface area contributed by atoms with Gasteiger partial charge in [0.15, 0.2) is 0 Å². The van der Waals surface area contributed by atoms with E-state index in [1.165, 1.54) is 24.0 Å².